The summed E-state index contributed by atoms with van der Waals surface area (Å²) in [5.74, 6) is 0. The normalized spacial score (nSPS) is 20.2. The first kappa shape index (κ1) is 28.3. The molecule has 0 bridgehead atoms. The van der Waals surface area contributed by atoms with E-state index in [1.54, 1.807) is 11.3 Å². The van der Waals surface area contributed by atoms with Crippen LogP contribution in [0.4, 0.5) is 5.69 Å². The van der Waals surface area contributed by atoms with Crippen LogP contribution in [-0.4, -0.2) is 27.3 Å². The summed E-state index contributed by atoms with van der Waals surface area (Å²) in [5, 5.41) is 1.47. The average Bonchev–Trinajstić information content (AvgIpc) is 3.56. The molecule has 2 atom stereocenters. The number of anilines is 1. The lowest BCUT2D eigenvalue weighted by molar-refractivity contribution is -0.562. The monoisotopic (exact) mass is 590 g/mol. The molecule has 4 aromatic rings. The molecular weight excluding hydrogens is 555 g/mol. The van der Waals surface area contributed by atoms with Gasteiger partial charge in [0.2, 0.25) is 5.04 Å². The Bertz CT molecular complexity index is 1850. The zero-order chi connectivity index (χ0) is 29.1. The summed E-state index contributed by atoms with van der Waals surface area (Å²) in [5.41, 5.74) is 6.20. The molecule has 2 unspecified atom stereocenters. The van der Waals surface area contributed by atoms with Crippen molar-refractivity contribution in [2.24, 2.45) is 0 Å². The highest BCUT2D eigenvalue weighted by molar-refractivity contribution is 8.15. The first-order valence-electron chi connectivity index (χ1n) is 14.7. The van der Waals surface area contributed by atoms with Crippen LogP contribution in [0.15, 0.2) is 108 Å². The number of likely N-dealkylation sites (N-methyl/N-ethyl adjacent to an activating group) is 1. The molecule has 0 amide bonds. The molecule has 6 heteroatoms. The number of hydrogen-bond donors (Lipinski definition) is 0. The number of para-hydroxylation sites is 1. The first-order valence-corrected chi connectivity index (χ1v) is 16.4. The third-order valence-corrected chi connectivity index (χ3v) is 10.4. The predicted molar refractivity (Wildman–Crippen MR) is 181 cm³/mol. The number of allylic oxidation sites excluding steroid dienone is 3. The van der Waals surface area contributed by atoms with Gasteiger partial charge in [-0.2, -0.15) is 0 Å². The van der Waals surface area contributed by atoms with Crippen LogP contribution < -0.4 is 19.7 Å². The van der Waals surface area contributed by atoms with Crippen LogP contribution in [0, 0.1) is 0 Å². The van der Waals surface area contributed by atoms with E-state index in [0.29, 0.717) is 6.54 Å². The number of nitrogens with zero attached hydrogens (tertiary/aromatic N) is 3. The van der Waals surface area contributed by atoms with Gasteiger partial charge in [0, 0.05) is 36.1 Å². The second-order valence-corrected chi connectivity index (χ2v) is 12.6. The summed E-state index contributed by atoms with van der Waals surface area (Å²) >= 11 is 3.48. The van der Waals surface area contributed by atoms with Gasteiger partial charge < -0.3 is 4.90 Å². The van der Waals surface area contributed by atoms with Crippen molar-refractivity contribution in [3.63, 3.8) is 0 Å². The molecule has 42 heavy (non-hydrogen) atoms. The lowest BCUT2D eigenvalue weighted by Gasteiger charge is -2.26. The molecule has 0 fully saturated rings. The van der Waals surface area contributed by atoms with Crippen LogP contribution in [0.1, 0.15) is 48.8 Å². The van der Waals surface area contributed by atoms with Crippen LogP contribution in [0.25, 0.3) is 17.7 Å². The summed E-state index contributed by atoms with van der Waals surface area (Å²) < 4.78 is 6.15. The lowest BCUT2D eigenvalue weighted by Crippen LogP contribution is -2.31. The zero-order valence-electron chi connectivity index (χ0n) is 24.3. The standard InChI is InChI=1S/C36H36N3OS2/c1-4-37-24-23-26(29-19-13-14-20-30(29)37)21-22-31-36(40)39(6-3)33(41-31)25-32-38(5-2)34(27-15-9-7-10-16-27)35(42-32)28-17-11-8-12-18-28/h7-25,34-35H,4-6H2,1-3H3/q+1. The second-order valence-electron chi connectivity index (χ2n) is 10.3. The second kappa shape index (κ2) is 12.6. The lowest BCUT2D eigenvalue weighted by atomic mass is 9.97. The highest BCUT2D eigenvalue weighted by Gasteiger charge is 2.43. The van der Waals surface area contributed by atoms with Crippen LogP contribution in [0.3, 0.4) is 0 Å². The van der Waals surface area contributed by atoms with Crippen molar-refractivity contribution in [1.29, 1.82) is 0 Å². The Hall–Kier alpha value is -3.87. The average molecular weight is 591 g/mol. The topological polar surface area (TPSA) is 28.2 Å². The van der Waals surface area contributed by atoms with E-state index in [-0.39, 0.29) is 16.9 Å². The molecule has 0 spiro atoms. The molecule has 2 aliphatic rings. The van der Waals surface area contributed by atoms with Crippen LogP contribution in [-0.2, 0) is 6.54 Å². The van der Waals surface area contributed by atoms with Gasteiger partial charge in [-0.05, 0) is 61.9 Å². The Morgan fingerprint density at radius 1 is 0.833 bits per heavy atom. The number of benzene rings is 3. The third kappa shape index (κ3) is 5.37. The minimum atomic E-state index is 0.0692. The van der Waals surface area contributed by atoms with Gasteiger partial charge in [-0.3, -0.25) is 9.36 Å². The van der Waals surface area contributed by atoms with E-state index in [1.165, 1.54) is 27.4 Å². The molecule has 0 saturated carbocycles. The number of aromatic nitrogens is 1. The Labute approximate surface area is 256 Å². The molecule has 212 valence electrons. The fourth-order valence-corrected chi connectivity index (χ4v) is 8.56. The van der Waals surface area contributed by atoms with E-state index in [1.807, 2.05) is 22.4 Å². The van der Waals surface area contributed by atoms with E-state index < -0.39 is 0 Å². The summed E-state index contributed by atoms with van der Waals surface area (Å²) in [7, 11) is 0. The van der Waals surface area contributed by atoms with Gasteiger partial charge in [0.25, 0.3) is 5.56 Å². The van der Waals surface area contributed by atoms with Crippen molar-refractivity contribution < 1.29 is 4.58 Å². The highest BCUT2D eigenvalue weighted by atomic mass is 32.2. The van der Waals surface area contributed by atoms with E-state index >= 15 is 0 Å². The number of rotatable bonds is 7. The summed E-state index contributed by atoms with van der Waals surface area (Å²) in [6.07, 6.45) is 10.6. The fourth-order valence-electron chi connectivity index (χ4n) is 5.89. The summed E-state index contributed by atoms with van der Waals surface area (Å²) in [6, 6.07) is 30.3. The molecule has 2 aliphatic heterocycles. The van der Waals surface area contributed by atoms with E-state index in [4.69, 9.17) is 0 Å². The third-order valence-electron chi connectivity index (χ3n) is 7.98. The number of fused-ring (bicyclic) bond motifs is 1. The molecule has 4 nitrogen and oxygen atoms in total. The summed E-state index contributed by atoms with van der Waals surface area (Å²) in [4.78, 5) is 15.8. The van der Waals surface area contributed by atoms with Gasteiger partial charge in [0.15, 0.2) is 6.04 Å². The molecular formula is C36H36N3OS2+. The van der Waals surface area contributed by atoms with Crippen molar-refractivity contribution in [1.82, 2.24) is 4.57 Å². The van der Waals surface area contributed by atoms with Gasteiger partial charge in [-0.15, -0.1) is 11.3 Å². The maximum atomic E-state index is 13.6. The zero-order valence-corrected chi connectivity index (χ0v) is 25.9. The van der Waals surface area contributed by atoms with Gasteiger partial charge in [-0.1, -0.05) is 84.9 Å². The Kier molecular flexibility index (Phi) is 8.45. The number of thioether (sulfide) groups is 1. The van der Waals surface area contributed by atoms with Gasteiger partial charge in [0.05, 0.1) is 10.6 Å². The number of thiazole rings is 1. The van der Waals surface area contributed by atoms with Crippen molar-refractivity contribution in [2.75, 3.05) is 18.0 Å². The van der Waals surface area contributed by atoms with E-state index in [0.717, 1.165) is 27.9 Å². The van der Waals surface area contributed by atoms with Crippen molar-refractivity contribution in [3.05, 3.63) is 140 Å². The van der Waals surface area contributed by atoms with Crippen LogP contribution in [0.5, 0.6) is 0 Å². The van der Waals surface area contributed by atoms with Gasteiger partial charge in [-0.25, -0.2) is 4.58 Å². The highest BCUT2D eigenvalue weighted by Crippen LogP contribution is 2.48. The largest absolute Gasteiger partial charge is 0.348 e. The molecule has 0 saturated heterocycles. The first-order chi connectivity index (χ1) is 20.6. The molecule has 3 heterocycles. The van der Waals surface area contributed by atoms with Crippen molar-refractivity contribution >= 4 is 51.6 Å². The SMILES string of the molecule is CCN1C=CC(=CC=c2sc(=CC3=[N+](CC)C(c4ccccc4)C(c4ccccc4)S3)n(CC)c2=O)c2ccccc21. The van der Waals surface area contributed by atoms with Crippen molar-refractivity contribution in [3.8, 4) is 0 Å². The minimum Gasteiger partial charge on any atom is -0.348 e. The molecule has 0 N–H and O–H groups in total. The van der Waals surface area contributed by atoms with Crippen LogP contribution in [0.2, 0.25) is 0 Å². The molecule has 0 radical (unpaired) electrons. The number of hydrogen-bond acceptors (Lipinski definition) is 4. The Morgan fingerprint density at radius 3 is 2.21 bits per heavy atom. The maximum Gasteiger partial charge on any atom is 0.269 e. The minimum absolute atomic E-state index is 0.0692. The quantitative estimate of drug-likeness (QED) is 0.228. The Morgan fingerprint density at radius 2 is 1.52 bits per heavy atom. The fraction of sp³-hybridized carbons (Fsp3) is 0.222. The van der Waals surface area contributed by atoms with Crippen molar-refractivity contribution in [2.45, 2.75) is 38.6 Å². The van der Waals surface area contributed by atoms with E-state index in [9.17, 15) is 4.79 Å². The molecule has 3 aromatic carbocycles. The van der Waals surface area contributed by atoms with Gasteiger partial charge in [0.1, 0.15) is 16.5 Å². The molecule has 6 rings (SSSR count). The van der Waals surface area contributed by atoms with Crippen LogP contribution >= 0.6 is 23.1 Å². The van der Waals surface area contributed by atoms with Gasteiger partial charge >= 0.3 is 0 Å². The smallest absolute Gasteiger partial charge is 0.269 e. The molecule has 0 aliphatic carbocycles. The molecule has 1 aromatic heterocycles. The van der Waals surface area contributed by atoms with E-state index in [2.05, 4.69) is 140 Å². The Balaban J connectivity index is 1.44. The predicted octanol–water partition coefficient (Wildman–Crippen LogP) is 6.59. The summed E-state index contributed by atoms with van der Waals surface area (Å²) in [6.45, 7) is 8.86. The maximum absolute atomic E-state index is 13.6.